The molecule has 0 unspecified atom stereocenters. The molecule has 6 nitrogen and oxygen atoms in total. The lowest BCUT2D eigenvalue weighted by molar-refractivity contribution is -0.133. The molecule has 0 saturated carbocycles. The van der Waals surface area contributed by atoms with Gasteiger partial charge in [0.05, 0.1) is 23.5 Å². The molecule has 0 spiro atoms. The molecule has 0 aliphatic carbocycles. The fourth-order valence-electron chi connectivity index (χ4n) is 3.83. The van der Waals surface area contributed by atoms with Crippen molar-refractivity contribution < 1.29 is 24.2 Å². The molecular formula is C25H31NO5. The number of rotatable bonds is 2. The number of ether oxygens (including phenoxy) is 2. The molecule has 2 aliphatic heterocycles. The highest BCUT2D eigenvalue weighted by molar-refractivity contribution is 5.99. The zero-order valence-corrected chi connectivity index (χ0v) is 18.8. The summed E-state index contributed by atoms with van der Waals surface area (Å²) < 4.78 is 11.6. The molecule has 0 bridgehead atoms. The van der Waals surface area contributed by atoms with E-state index in [0.29, 0.717) is 17.5 Å². The molecule has 1 N–H and O–H groups in total. The summed E-state index contributed by atoms with van der Waals surface area (Å²) in [4.78, 5) is 30.1. The molecule has 2 aliphatic rings. The number of benzene rings is 1. The summed E-state index contributed by atoms with van der Waals surface area (Å²) in [6.07, 6.45) is 6.95. The van der Waals surface area contributed by atoms with Crippen LogP contribution in [0.1, 0.15) is 61.2 Å². The Morgan fingerprint density at radius 3 is 2.68 bits per heavy atom. The molecule has 4 atom stereocenters. The fraction of sp³-hybridized carbons (Fsp3) is 0.480. The van der Waals surface area contributed by atoms with Crippen molar-refractivity contribution in [3.8, 4) is 0 Å². The normalized spacial score (nSPS) is 27.6. The Morgan fingerprint density at radius 1 is 1.23 bits per heavy atom. The third-order valence-corrected chi connectivity index (χ3v) is 5.69. The van der Waals surface area contributed by atoms with Crippen LogP contribution < -0.4 is 0 Å². The first-order valence-electron chi connectivity index (χ1n) is 10.8. The first-order chi connectivity index (χ1) is 14.7. The van der Waals surface area contributed by atoms with Crippen molar-refractivity contribution in [1.29, 1.82) is 0 Å². The Morgan fingerprint density at radius 2 is 1.97 bits per heavy atom. The number of carbonyl (C=O) groups is 2. The van der Waals surface area contributed by atoms with Gasteiger partial charge in [0.1, 0.15) is 12.2 Å². The van der Waals surface area contributed by atoms with E-state index in [0.717, 1.165) is 23.2 Å². The highest BCUT2D eigenvalue weighted by atomic mass is 16.5. The highest BCUT2D eigenvalue weighted by Gasteiger charge is 2.28. The van der Waals surface area contributed by atoms with E-state index >= 15 is 0 Å². The standard InChI is InChI=1S/C25H31NO5/c1-14(2)30-21-8-6-7-19-22(16(4)13-18-11-12-26-23(18)19)25(29)31-17(5)15(3)9-10-20(27)24(21)28/h6-7,9-10,12-15,17,21,24,28H,8,11H2,1-5H3/b7-6?,10-9-/t15-,17+,21+,24-/m1/s1. The summed E-state index contributed by atoms with van der Waals surface area (Å²) in [5.41, 5.74) is 3.85. The predicted octanol–water partition coefficient (Wildman–Crippen LogP) is 4.13. The Kier molecular flexibility index (Phi) is 7.23. The molecule has 0 amide bonds. The minimum absolute atomic E-state index is 0.152. The second-order valence-corrected chi connectivity index (χ2v) is 8.54. The van der Waals surface area contributed by atoms with Crippen LogP contribution in [0, 0.1) is 12.8 Å². The fourth-order valence-corrected chi connectivity index (χ4v) is 3.83. The number of aliphatic imine (C=N–C) groups is 1. The van der Waals surface area contributed by atoms with Crippen LogP contribution in [0.15, 0.2) is 29.3 Å². The lowest BCUT2D eigenvalue weighted by Gasteiger charge is -2.24. The quantitative estimate of drug-likeness (QED) is 0.720. The Bertz CT molecular complexity index is 944. The van der Waals surface area contributed by atoms with E-state index in [9.17, 15) is 14.7 Å². The largest absolute Gasteiger partial charge is 0.458 e. The van der Waals surface area contributed by atoms with Gasteiger partial charge in [-0.15, -0.1) is 0 Å². The number of cyclic esters (lactones) is 1. The van der Waals surface area contributed by atoms with E-state index in [2.05, 4.69) is 4.99 Å². The number of hydrogen-bond acceptors (Lipinski definition) is 6. The minimum Gasteiger partial charge on any atom is -0.458 e. The lowest BCUT2D eigenvalue weighted by atomic mass is 9.94. The molecule has 1 aromatic rings. The van der Waals surface area contributed by atoms with Crippen LogP contribution in [0.2, 0.25) is 0 Å². The van der Waals surface area contributed by atoms with Crippen LogP contribution >= 0.6 is 0 Å². The summed E-state index contributed by atoms with van der Waals surface area (Å²) in [6, 6.07) is 1.99. The van der Waals surface area contributed by atoms with Crippen molar-refractivity contribution in [2.24, 2.45) is 10.9 Å². The molecule has 1 aromatic carbocycles. The number of ketones is 1. The summed E-state index contributed by atoms with van der Waals surface area (Å²) in [5.74, 6) is -1.05. The van der Waals surface area contributed by atoms with Gasteiger partial charge in [0, 0.05) is 24.1 Å². The second-order valence-electron chi connectivity index (χ2n) is 8.54. The van der Waals surface area contributed by atoms with Crippen molar-refractivity contribution in [3.63, 3.8) is 0 Å². The van der Waals surface area contributed by atoms with Crippen molar-refractivity contribution in [2.45, 2.75) is 71.9 Å². The van der Waals surface area contributed by atoms with Crippen molar-refractivity contribution >= 4 is 29.7 Å². The summed E-state index contributed by atoms with van der Waals surface area (Å²) in [7, 11) is 0. The average Bonchev–Trinajstić information content (AvgIpc) is 3.17. The molecule has 3 rings (SSSR count). The van der Waals surface area contributed by atoms with E-state index in [1.807, 2.05) is 52.1 Å². The van der Waals surface area contributed by atoms with Crippen LogP contribution in [0.25, 0.3) is 6.08 Å². The van der Waals surface area contributed by atoms with Crippen LogP contribution in [0.3, 0.4) is 0 Å². The zero-order chi connectivity index (χ0) is 22.7. The monoisotopic (exact) mass is 425 g/mol. The van der Waals surface area contributed by atoms with Crippen LogP contribution in [0.5, 0.6) is 0 Å². The van der Waals surface area contributed by atoms with Gasteiger partial charge in [-0.3, -0.25) is 9.79 Å². The van der Waals surface area contributed by atoms with Crippen molar-refractivity contribution in [1.82, 2.24) is 0 Å². The zero-order valence-electron chi connectivity index (χ0n) is 18.8. The first kappa shape index (κ1) is 23.1. The molecular weight excluding hydrogens is 394 g/mol. The van der Waals surface area contributed by atoms with Crippen LogP contribution in [-0.2, 0) is 20.7 Å². The topological polar surface area (TPSA) is 85.2 Å². The summed E-state index contributed by atoms with van der Waals surface area (Å²) >= 11 is 0. The number of nitrogens with zero attached hydrogens (tertiary/aromatic N) is 1. The maximum Gasteiger partial charge on any atom is 0.339 e. The van der Waals surface area contributed by atoms with Gasteiger partial charge in [0.15, 0.2) is 5.78 Å². The van der Waals surface area contributed by atoms with E-state index < -0.39 is 30.1 Å². The number of esters is 1. The average molecular weight is 426 g/mol. The maximum atomic E-state index is 13.1. The third-order valence-electron chi connectivity index (χ3n) is 5.69. The predicted molar refractivity (Wildman–Crippen MR) is 121 cm³/mol. The highest BCUT2D eigenvalue weighted by Crippen LogP contribution is 2.35. The van der Waals surface area contributed by atoms with Gasteiger partial charge in [-0.2, -0.15) is 0 Å². The van der Waals surface area contributed by atoms with Gasteiger partial charge >= 0.3 is 5.97 Å². The lowest BCUT2D eigenvalue weighted by Crippen LogP contribution is -2.36. The number of aliphatic hydroxyl groups is 1. The van der Waals surface area contributed by atoms with Gasteiger partial charge in [-0.05, 0) is 51.3 Å². The van der Waals surface area contributed by atoms with E-state index in [-0.39, 0.29) is 12.0 Å². The second kappa shape index (κ2) is 9.71. The number of aryl methyl sites for hydroxylation is 1. The van der Waals surface area contributed by atoms with Gasteiger partial charge in [-0.1, -0.05) is 31.2 Å². The maximum absolute atomic E-state index is 13.1. The SMILES string of the molecule is Cc1cc2c(c3c1C(=O)O[C@@H](C)[C@H](C)/C=C\C(=O)[C@@H](O)[C@@H](OC(C)C)CC=C3)N=CC2. The van der Waals surface area contributed by atoms with E-state index in [1.165, 1.54) is 6.08 Å². The molecule has 0 aromatic heterocycles. The summed E-state index contributed by atoms with van der Waals surface area (Å²) in [5, 5.41) is 10.6. The summed E-state index contributed by atoms with van der Waals surface area (Å²) in [6.45, 7) is 9.28. The van der Waals surface area contributed by atoms with Gasteiger partial charge in [0.25, 0.3) is 0 Å². The Hall–Kier alpha value is -2.57. The number of hydrogen-bond donors (Lipinski definition) is 1. The van der Waals surface area contributed by atoms with Gasteiger partial charge in [-0.25, -0.2) is 4.79 Å². The molecule has 2 heterocycles. The van der Waals surface area contributed by atoms with Crippen molar-refractivity contribution in [3.05, 3.63) is 46.5 Å². The molecule has 0 radical (unpaired) electrons. The molecule has 31 heavy (non-hydrogen) atoms. The molecule has 166 valence electrons. The van der Waals surface area contributed by atoms with Crippen molar-refractivity contribution in [2.75, 3.05) is 0 Å². The third kappa shape index (κ3) is 5.20. The van der Waals surface area contributed by atoms with Crippen LogP contribution in [-0.4, -0.2) is 47.5 Å². The van der Waals surface area contributed by atoms with Gasteiger partial charge in [0.2, 0.25) is 0 Å². The number of carbonyl (C=O) groups excluding carboxylic acids is 2. The Balaban J connectivity index is 2.09. The van der Waals surface area contributed by atoms with E-state index in [1.54, 1.807) is 13.0 Å². The first-order valence-corrected chi connectivity index (χ1v) is 10.8. The smallest absolute Gasteiger partial charge is 0.339 e. The minimum atomic E-state index is -1.28. The molecule has 0 saturated heterocycles. The van der Waals surface area contributed by atoms with Gasteiger partial charge < -0.3 is 14.6 Å². The Labute approximate surface area is 183 Å². The van der Waals surface area contributed by atoms with E-state index in [4.69, 9.17) is 9.47 Å². The number of fused-ring (bicyclic) bond motifs is 3. The molecule has 6 heteroatoms. The number of aliphatic hydroxyl groups excluding tert-OH is 1. The van der Waals surface area contributed by atoms with Crippen LogP contribution in [0.4, 0.5) is 5.69 Å². The molecule has 0 fully saturated rings.